The SMILES string of the molecule is COc1cccc(CC(=O)Oc2ccc(C=C3SC(=O)NC3=O)cc2OC)c1. The van der Waals surface area contributed by atoms with Crippen LogP contribution in [0.15, 0.2) is 47.4 Å². The zero-order chi connectivity index (χ0) is 20.1. The Labute approximate surface area is 165 Å². The number of nitrogens with one attached hydrogen (secondary N) is 1. The van der Waals surface area contributed by atoms with Gasteiger partial charge in [0.1, 0.15) is 5.75 Å². The van der Waals surface area contributed by atoms with Crippen LogP contribution in [-0.2, 0) is 16.0 Å². The maximum atomic E-state index is 12.3. The molecule has 7 nitrogen and oxygen atoms in total. The van der Waals surface area contributed by atoms with Crippen LogP contribution in [-0.4, -0.2) is 31.3 Å². The van der Waals surface area contributed by atoms with Crippen LogP contribution in [0, 0.1) is 0 Å². The minimum absolute atomic E-state index is 0.0745. The molecule has 1 N–H and O–H groups in total. The Balaban J connectivity index is 1.73. The molecule has 2 aromatic carbocycles. The first-order chi connectivity index (χ1) is 13.5. The first-order valence-corrected chi connectivity index (χ1v) is 9.06. The second kappa shape index (κ2) is 8.62. The predicted octanol–water partition coefficient (Wildman–Crippen LogP) is 3.18. The minimum Gasteiger partial charge on any atom is -0.497 e. The van der Waals surface area contributed by atoms with E-state index in [1.807, 2.05) is 6.07 Å². The molecule has 1 fully saturated rings. The zero-order valence-electron chi connectivity index (χ0n) is 15.2. The van der Waals surface area contributed by atoms with Crippen molar-refractivity contribution in [3.8, 4) is 17.2 Å². The summed E-state index contributed by atoms with van der Waals surface area (Å²) in [6.45, 7) is 0. The molecule has 144 valence electrons. The van der Waals surface area contributed by atoms with Crippen molar-refractivity contribution in [3.05, 3.63) is 58.5 Å². The van der Waals surface area contributed by atoms with Crippen molar-refractivity contribution in [3.63, 3.8) is 0 Å². The van der Waals surface area contributed by atoms with Crippen LogP contribution >= 0.6 is 11.8 Å². The van der Waals surface area contributed by atoms with Crippen LogP contribution in [0.2, 0.25) is 0 Å². The van der Waals surface area contributed by atoms with Gasteiger partial charge in [-0.25, -0.2) is 0 Å². The molecule has 1 heterocycles. The van der Waals surface area contributed by atoms with Crippen LogP contribution in [0.25, 0.3) is 6.08 Å². The van der Waals surface area contributed by atoms with Gasteiger partial charge in [-0.15, -0.1) is 0 Å². The van der Waals surface area contributed by atoms with Gasteiger partial charge >= 0.3 is 5.97 Å². The number of hydrogen-bond acceptors (Lipinski definition) is 7. The highest BCUT2D eigenvalue weighted by atomic mass is 32.2. The van der Waals surface area contributed by atoms with Crippen molar-refractivity contribution in [1.82, 2.24) is 5.32 Å². The van der Waals surface area contributed by atoms with Gasteiger partial charge < -0.3 is 14.2 Å². The summed E-state index contributed by atoms with van der Waals surface area (Å²) in [5.74, 6) is 0.365. The summed E-state index contributed by atoms with van der Waals surface area (Å²) in [7, 11) is 3.01. The molecule has 0 unspecified atom stereocenters. The number of carbonyl (C=O) groups excluding carboxylic acids is 3. The maximum absolute atomic E-state index is 12.3. The Hall–Kier alpha value is -3.26. The normalized spacial score (nSPS) is 14.7. The van der Waals surface area contributed by atoms with Gasteiger partial charge in [-0.2, -0.15) is 0 Å². The second-order valence-electron chi connectivity index (χ2n) is 5.76. The van der Waals surface area contributed by atoms with Gasteiger partial charge in [0.05, 0.1) is 25.5 Å². The third-order valence-corrected chi connectivity index (χ3v) is 4.64. The lowest BCUT2D eigenvalue weighted by atomic mass is 10.1. The Kier molecular flexibility index (Phi) is 6.00. The number of esters is 1. The number of amides is 2. The average molecular weight is 399 g/mol. The molecule has 0 saturated carbocycles. The highest BCUT2D eigenvalue weighted by molar-refractivity contribution is 8.18. The minimum atomic E-state index is -0.450. The van der Waals surface area contributed by atoms with Gasteiger partial charge in [-0.1, -0.05) is 18.2 Å². The molecule has 1 aliphatic rings. The summed E-state index contributed by atoms with van der Waals surface area (Å²) in [6.07, 6.45) is 1.64. The van der Waals surface area contributed by atoms with E-state index in [0.29, 0.717) is 17.1 Å². The molecule has 0 aliphatic carbocycles. The van der Waals surface area contributed by atoms with Crippen LogP contribution in [0.5, 0.6) is 17.2 Å². The van der Waals surface area contributed by atoms with Crippen molar-refractivity contribution >= 4 is 35.0 Å². The summed E-state index contributed by atoms with van der Waals surface area (Å²) in [6, 6.07) is 12.0. The first-order valence-electron chi connectivity index (χ1n) is 8.25. The largest absolute Gasteiger partial charge is 0.497 e. The molecule has 0 atom stereocenters. The van der Waals surface area contributed by atoms with Gasteiger partial charge in [-0.3, -0.25) is 19.7 Å². The van der Waals surface area contributed by atoms with E-state index in [0.717, 1.165) is 17.3 Å². The number of thioether (sulfide) groups is 1. The highest BCUT2D eigenvalue weighted by Gasteiger charge is 2.25. The fourth-order valence-corrected chi connectivity index (χ4v) is 3.22. The number of benzene rings is 2. The molecule has 28 heavy (non-hydrogen) atoms. The number of imide groups is 1. The van der Waals surface area contributed by atoms with E-state index in [1.165, 1.54) is 7.11 Å². The molecule has 0 spiro atoms. The van der Waals surface area contributed by atoms with E-state index < -0.39 is 17.1 Å². The average Bonchev–Trinajstić information content (AvgIpc) is 2.99. The molecule has 0 radical (unpaired) electrons. The van der Waals surface area contributed by atoms with E-state index in [9.17, 15) is 14.4 Å². The van der Waals surface area contributed by atoms with Gasteiger partial charge in [0.15, 0.2) is 11.5 Å². The van der Waals surface area contributed by atoms with Crippen molar-refractivity contribution in [1.29, 1.82) is 0 Å². The molecule has 3 rings (SSSR count). The molecule has 2 aromatic rings. The van der Waals surface area contributed by atoms with E-state index in [4.69, 9.17) is 14.2 Å². The fraction of sp³-hybridized carbons (Fsp3) is 0.150. The topological polar surface area (TPSA) is 90.9 Å². The Bertz CT molecular complexity index is 969. The van der Waals surface area contributed by atoms with Crippen LogP contribution in [0.1, 0.15) is 11.1 Å². The van der Waals surface area contributed by atoms with E-state index in [1.54, 1.807) is 49.6 Å². The Morgan fingerprint density at radius 1 is 1.07 bits per heavy atom. The number of methoxy groups -OCH3 is 2. The monoisotopic (exact) mass is 399 g/mol. The summed E-state index contributed by atoms with van der Waals surface area (Å²) >= 11 is 0.826. The number of carbonyl (C=O) groups is 3. The predicted molar refractivity (Wildman–Crippen MR) is 104 cm³/mol. The van der Waals surface area contributed by atoms with Gasteiger partial charge in [-0.05, 0) is 53.2 Å². The number of rotatable bonds is 6. The van der Waals surface area contributed by atoms with Crippen LogP contribution < -0.4 is 19.5 Å². The molecule has 1 saturated heterocycles. The third-order valence-electron chi connectivity index (χ3n) is 3.83. The molecule has 2 amide bonds. The van der Waals surface area contributed by atoms with Gasteiger partial charge in [0.2, 0.25) is 0 Å². The summed E-state index contributed by atoms with van der Waals surface area (Å²) in [5.41, 5.74) is 1.40. The molecule has 0 bridgehead atoms. The third kappa shape index (κ3) is 4.72. The first kappa shape index (κ1) is 19.5. The molecule has 8 heteroatoms. The lowest BCUT2D eigenvalue weighted by Gasteiger charge is -2.10. The van der Waals surface area contributed by atoms with Gasteiger partial charge in [0.25, 0.3) is 11.1 Å². The molecule has 0 aromatic heterocycles. The van der Waals surface area contributed by atoms with E-state index in [2.05, 4.69) is 5.32 Å². The molecule has 1 aliphatic heterocycles. The highest BCUT2D eigenvalue weighted by Crippen LogP contribution is 2.31. The standard InChI is InChI=1S/C20H17NO6S/c1-25-14-5-3-4-12(8-14)11-18(22)27-15-7-6-13(9-16(15)26-2)10-17-19(23)21-20(24)28-17/h3-10H,11H2,1-2H3,(H,21,23,24). The van der Waals surface area contributed by atoms with E-state index in [-0.39, 0.29) is 17.1 Å². The lowest BCUT2D eigenvalue weighted by Crippen LogP contribution is -2.17. The molecular weight excluding hydrogens is 382 g/mol. The smallest absolute Gasteiger partial charge is 0.315 e. The fourth-order valence-electron chi connectivity index (χ4n) is 2.54. The number of hydrogen-bond donors (Lipinski definition) is 1. The van der Waals surface area contributed by atoms with Crippen LogP contribution in [0.3, 0.4) is 0 Å². The molecular formula is C20H17NO6S. The van der Waals surface area contributed by atoms with E-state index >= 15 is 0 Å². The number of ether oxygens (including phenoxy) is 3. The quantitative estimate of drug-likeness (QED) is 0.453. The zero-order valence-corrected chi connectivity index (χ0v) is 16.0. The Morgan fingerprint density at radius 2 is 1.89 bits per heavy atom. The van der Waals surface area contributed by atoms with Crippen molar-refractivity contribution < 1.29 is 28.6 Å². The summed E-state index contributed by atoms with van der Waals surface area (Å²) in [5, 5.41) is 1.78. The van der Waals surface area contributed by atoms with Crippen molar-refractivity contribution in [2.45, 2.75) is 6.42 Å². The van der Waals surface area contributed by atoms with Gasteiger partial charge in [0, 0.05) is 0 Å². The second-order valence-corrected chi connectivity index (χ2v) is 6.78. The Morgan fingerprint density at radius 3 is 2.57 bits per heavy atom. The van der Waals surface area contributed by atoms with Crippen molar-refractivity contribution in [2.75, 3.05) is 14.2 Å². The summed E-state index contributed by atoms with van der Waals surface area (Å²) < 4.78 is 15.8. The van der Waals surface area contributed by atoms with Crippen LogP contribution in [0.4, 0.5) is 4.79 Å². The van der Waals surface area contributed by atoms with Crippen molar-refractivity contribution in [2.24, 2.45) is 0 Å². The maximum Gasteiger partial charge on any atom is 0.315 e. The summed E-state index contributed by atoms with van der Waals surface area (Å²) in [4.78, 5) is 35.4. The lowest BCUT2D eigenvalue weighted by molar-refractivity contribution is -0.133.